The summed E-state index contributed by atoms with van der Waals surface area (Å²) in [6.45, 7) is 3.02. The number of ether oxygens (including phenoxy) is 1. The van der Waals surface area contributed by atoms with Crippen molar-refractivity contribution in [3.05, 3.63) is 29.8 Å². The summed E-state index contributed by atoms with van der Waals surface area (Å²) < 4.78 is 5.13. The highest BCUT2D eigenvalue weighted by Gasteiger charge is 2.23. The predicted octanol–water partition coefficient (Wildman–Crippen LogP) is 2.92. The number of likely N-dealkylation sites (tertiary alicyclic amines) is 1. The first-order valence-electron chi connectivity index (χ1n) is 7.59. The van der Waals surface area contributed by atoms with Crippen LogP contribution in [-0.2, 0) is 4.79 Å². The molecule has 0 radical (unpaired) electrons. The molecule has 4 heteroatoms. The minimum atomic E-state index is -0.0304. The van der Waals surface area contributed by atoms with Gasteiger partial charge in [-0.2, -0.15) is 0 Å². The normalized spacial score (nSPS) is 19.2. The third-order valence-electron chi connectivity index (χ3n) is 4.23. The number of amides is 1. The Morgan fingerprint density at radius 1 is 1.38 bits per heavy atom. The Balaban J connectivity index is 2.02. The highest BCUT2D eigenvalue weighted by Crippen LogP contribution is 2.21. The van der Waals surface area contributed by atoms with E-state index in [1.165, 1.54) is 0 Å². The van der Waals surface area contributed by atoms with E-state index in [-0.39, 0.29) is 18.2 Å². The van der Waals surface area contributed by atoms with Crippen molar-refractivity contribution in [2.45, 2.75) is 32.6 Å². The molecule has 0 aromatic heterocycles. The lowest BCUT2D eigenvalue weighted by molar-refractivity contribution is -0.130. The van der Waals surface area contributed by atoms with Gasteiger partial charge in [0, 0.05) is 18.5 Å². The number of hydrogen-bond acceptors (Lipinski definition) is 3. The fourth-order valence-corrected chi connectivity index (χ4v) is 2.73. The summed E-state index contributed by atoms with van der Waals surface area (Å²) in [6, 6.07) is 7.09. The number of nitrogens with zero attached hydrogens (tertiary/aromatic N) is 1. The molecule has 1 unspecified atom stereocenters. The number of hydrogen-bond donors (Lipinski definition) is 0. The van der Waals surface area contributed by atoms with Gasteiger partial charge in [-0.15, -0.1) is 0 Å². The largest absolute Gasteiger partial charge is 0.497 e. The molecule has 1 aromatic rings. The average Bonchev–Trinajstić information content (AvgIpc) is 2.69. The van der Waals surface area contributed by atoms with Crippen molar-refractivity contribution in [2.75, 3.05) is 20.2 Å². The fraction of sp³-hybridized carbons (Fsp3) is 0.529. The van der Waals surface area contributed by atoms with Gasteiger partial charge in [-0.05, 0) is 30.9 Å². The number of carbonyl (C=O) groups is 2. The number of Topliss-reactive ketones (excluding diaryl/α,β-unsaturated/α-hetero) is 1. The summed E-state index contributed by atoms with van der Waals surface area (Å²) in [5, 5.41) is 0. The number of benzene rings is 1. The summed E-state index contributed by atoms with van der Waals surface area (Å²) >= 11 is 0. The van der Waals surface area contributed by atoms with E-state index in [9.17, 15) is 9.59 Å². The van der Waals surface area contributed by atoms with Gasteiger partial charge in [0.1, 0.15) is 5.75 Å². The lowest BCUT2D eigenvalue weighted by atomic mass is 9.98. The molecule has 1 heterocycles. The maximum Gasteiger partial charge on any atom is 0.222 e. The van der Waals surface area contributed by atoms with Crippen molar-refractivity contribution in [3.63, 3.8) is 0 Å². The molecule has 0 saturated carbocycles. The molecule has 0 aliphatic carbocycles. The summed E-state index contributed by atoms with van der Waals surface area (Å²) in [6.07, 6.45) is 3.60. The van der Waals surface area contributed by atoms with Crippen molar-refractivity contribution >= 4 is 11.7 Å². The summed E-state index contributed by atoms with van der Waals surface area (Å²) in [4.78, 5) is 26.2. The zero-order chi connectivity index (χ0) is 15.2. The maximum atomic E-state index is 12.3. The lowest BCUT2D eigenvalue weighted by Crippen LogP contribution is -2.35. The van der Waals surface area contributed by atoms with Crippen LogP contribution in [0.5, 0.6) is 5.75 Å². The lowest BCUT2D eigenvalue weighted by Gasteiger charge is -2.20. The fourth-order valence-electron chi connectivity index (χ4n) is 2.73. The van der Waals surface area contributed by atoms with Gasteiger partial charge in [0.25, 0.3) is 0 Å². The van der Waals surface area contributed by atoms with Gasteiger partial charge in [0.15, 0.2) is 5.78 Å². The van der Waals surface area contributed by atoms with Crippen LogP contribution in [0.1, 0.15) is 43.0 Å². The SMILES string of the molecule is CCC1CCC(=O)N(CC(=O)c2cccc(OC)c2)CC1. The van der Waals surface area contributed by atoms with E-state index in [1.54, 1.807) is 36.3 Å². The predicted molar refractivity (Wildman–Crippen MR) is 81.5 cm³/mol. The maximum absolute atomic E-state index is 12.3. The first kappa shape index (κ1) is 15.5. The third-order valence-corrected chi connectivity index (χ3v) is 4.23. The Bertz CT molecular complexity index is 513. The van der Waals surface area contributed by atoms with Crippen LogP contribution in [-0.4, -0.2) is 36.8 Å². The quantitative estimate of drug-likeness (QED) is 0.783. The molecular formula is C17H23NO3. The van der Waals surface area contributed by atoms with E-state index in [0.717, 1.165) is 19.3 Å². The second-order valence-corrected chi connectivity index (χ2v) is 5.57. The second kappa shape index (κ2) is 7.25. The first-order chi connectivity index (χ1) is 10.1. The average molecular weight is 289 g/mol. The molecule has 1 saturated heterocycles. The van der Waals surface area contributed by atoms with Crippen LogP contribution in [0.3, 0.4) is 0 Å². The Kier molecular flexibility index (Phi) is 5.37. The monoisotopic (exact) mass is 289 g/mol. The molecule has 0 bridgehead atoms. The molecule has 1 amide bonds. The van der Waals surface area contributed by atoms with Crippen LogP contribution in [0.25, 0.3) is 0 Å². The zero-order valence-electron chi connectivity index (χ0n) is 12.8. The molecule has 1 aliphatic rings. The molecule has 21 heavy (non-hydrogen) atoms. The zero-order valence-corrected chi connectivity index (χ0v) is 12.8. The first-order valence-corrected chi connectivity index (χ1v) is 7.59. The summed E-state index contributed by atoms with van der Waals surface area (Å²) in [7, 11) is 1.58. The molecule has 0 N–H and O–H groups in total. The van der Waals surface area contributed by atoms with E-state index in [0.29, 0.717) is 30.2 Å². The Labute approximate surface area is 126 Å². The van der Waals surface area contributed by atoms with Crippen molar-refractivity contribution in [1.29, 1.82) is 0 Å². The molecule has 1 aliphatic heterocycles. The van der Waals surface area contributed by atoms with E-state index >= 15 is 0 Å². The van der Waals surface area contributed by atoms with E-state index in [1.807, 2.05) is 0 Å². The van der Waals surface area contributed by atoms with Gasteiger partial charge in [0.2, 0.25) is 5.91 Å². The van der Waals surface area contributed by atoms with Gasteiger partial charge in [-0.3, -0.25) is 9.59 Å². The van der Waals surface area contributed by atoms with E-state index < -0.39 is 0 Å². The van der Waals surface area contributed by atoms with Gasteiger partial charge < -0.3 is 9.64 Å². The minimum Gasteiger partial charge on any atom is -0.497 e. The van der Waals surface area contributed by atoms with Gasteiger partial charge in [-0.1, -0.05) is 25.5 Å². The third kappa shape index (κ3) is 4.06. The molecular weight excluding hydrogens is 266 g/mol. The molecule has 1 aromatic carbocycles. The van der Waals surface area contributed by atoms with Crippen LogP contribution in [0.15, 0.2) is 24.3 Å². The molecule has 1 atom stereocenters. The smallest absolute Gasteiger partial charge is 0.222 e. The van der Waals surface area contributed by atoms with Gasteiger partial charge >= 0.3 is 0 Å². The minimum absolute atomic E-state index is 0.0304. The van der Waals surface area contributed by atoms with Crippen LogP contribution < -0.4 is 4.74 Å². The summed E-state index contributed by atoms with van der Waals surface area (Å²) in [5.74, 6) is 1.33. The highest BCUT2D eigenvalue weighted by atomic mass is 16.5. The molecule has 1 fully saturated rings. The van der Waals surface area contributed by atoms with Crippen molar-refractivity contribution in [1.82, 2.24) is 4.90 Å². The van der Waals surface area contributed by atoms with Crippen molar-refractivity contribution in [3.8, 4) is 5.75 Å². The van der Waals surface area contributed by atoms with Crippen LogP contribution >= 0.6 is 0 Å². The molecule has 2 rings (SSSR count). The number of carbonyl (C=O) groups excluding carboxylic acids is 2. The van der Waals surface area contributed by atoms with Crippen LogP contribution in [0.2, 0.25) is 0 Å². The Hall–Kier alpha value is -1.84. The second-order valence-electron chi connectivity index (χ2n) is 5.57. The van der Waals surface area contributed by atoms with Crippen LogP contribution in [0, 0.1) is 5.92 Å². The van der Waals surface area contributed by atoms with E-state index in [2.05, 4.69) is 6.92 Å². The molecule has 114 valence electrons. The topological polar surface area (TPSA) is 46.6 Å². The molecule has 4 nitrogen and oxygen atoms in total. The van der Waals surface area contributed by atoms with Crippen LogP contribution in [0.4, 0.5) is 0 Å². The standard InChI is InChI=1S/C17H23NO3/c1-3-13-7-8-17(20)18(10-9-13)12-16(19)14-5-4-6-15(11-14)21-2/h4-6,11,13H,3,7-10,12H2,1-2H3. The van der Waals surface area contributed by atoms with Gasteiger partial charge in [0.05, 0.1) is 13.7 Å². The molecule has 0 spiro atoms. The van der Waals surface area contributed by atoms with Gasteiger partial charge in [-0.25, -0.2) is 0 Å². The Morgan fingerprint density at radius 3 is 2.90 bits per heavy atom. The number of ketones is 1. The van der Waals surface area contributed by atoms with E-state index in [4.69, 9.17) is 4.74 Å². The summed E-state index contributed by atoms with van der Waals surface area (Å²) in [5.41, 5.74) is 0.596. The number of methoxy groups -OCH3 is 1. The number of rotatable bonds is 5. The van der Waals surface area contributed by atoms with Crippen molar-refractivity contribution in [2.24, 2.45) is 5.92 Å². The van der Waals surface area contributed by atoms with Crippen molar-refractivity contribution < 1.29 is 14.3 Å². The highest BCUT2D eigenvalue weighted by molar-refractivity contribution is 5.99. The Morgan fingerprint density at radius 2 is 2.19 bits per heavy atom.